The fourth-order valence-corrected chi connectivity index (χ4v) is 3.34. The van der Waals surface area contributed by atoms with Crippen LogP contribution >= 0.6 is 11.8 Å². The van der Waals surface area contributed by atoms with E-state index in [1.54, 1.807) is 13.8 Å². The van der Waals surface area contributed by atoms with Gasteiger partial charge in [0, 0.05) is 6.42 Å². The summed E-state index contributed by atoms with van der Waals surface area (Å²) in [5, 5.41) is 17.0. The van der Waals surface area contributed by atoms with Crippen LogP contribution in [0.1, 0.15) is 53.4 Å². The maximum absolute atomic E-state index is 13.0. The van der Waals surface area contributed by atoms with Crippen LogP contribution in [0.5, 0.6) is 0 Å². The molecule has 0 aromatic carbocycles. The second-order valence-corrected chi connectivity index (χ2v) is 9.69. The molecule has 0 fully saturated rings. The number of nitrogens with two attached hydrogens (primary N) is 2. The van der Waals surface area contributed by atoms with Gasteiger partial charge in [-0.25, -0.2) is 4.79 Å². The summed E-state index contributed by atoms with van der Waals surface area (Å²) >= 11 is 1.46. The Morgan fingerprint density at radius 3 is 1.82 bits per heavy atom. The minimum absolute atomic E-state index is 0.0694. The summed E-state index contributed by atoms with van der Waals surface area (Å²) < 4.78 is 0. The number of primary amides is 1. The smallest absolute Gasteiger partial charge is 0.326 e. The largest absolute Gasteiger partial charge is 0.480 e. The van der Waals surface area contributed by atoms with E-state index >= 15 is 0 Å². The molecule has 190 valence electrons. The number of thioether (sulfide) groups is 1. The van der Waals surface area contributed by atoms with Crippen LogP contribution in [0.4, 0.5) is 0 Å². The maximum Gasteiger partial charge on any atom is 0.326 e. The van der Waals surface area contributed by atoms with Crippen LogP contribution in [0.25, 0.3) is 0 Å². The first-order valence-corrected chi connectivity index (χ1v) is 12.4. The lowest BCUT2D eigenvalue weighted by Gasteiger charge is -2.26. The molecule has 0 aromatic rings. The monoisotopic (exact) mass is 489 g/mol. The standard InChI is InChI=1S/C21H39N5O6S/c1-11(2)10-15(26-20(30)17(23)12(3)4)19(29)24-13(8-9-33-5)18(28)25-14(21(31)32)6-7-16(22)27/h11-15,17H,6-10,23H2,1-5H3,(H2,22,27)(H,24,29)(H,25,28)(H,26,30)(H,31,32). The predicted molar refractivity (Wildman–Crippen MR) is 127 cm³/mol. The van der Waals surface area contributed by atoms with E-state index in [9.17, 15) is 29.1 Å². The summed E-state index contributed by atoms with van der Waals surface area (Å²) in [7, 11) is 0. The number of carbonyl (C=O) groups is 5. The summed E-state index contributed by atoms with van der Waals surface area (Å²) in [6.45, 7) is 7.37. The Balaban J connectivity index is 5.47. The molecule has 4 atom stereocenters. The first-order chi connectivity index (χ1) is 15.3. The Hall–Kier alpha value is -2.34. The summed E-state index contributed by atoms with van der Waals surface area (Å²) in [6, 6.07) is -4.04. The van der Waals surface area contributed by atoms with Crippen LogP contribution in [0.3, 0.4) is 0 Å². The molecule has 12 heteroatoms. The molecule has 4 amide bonds. The van der Waals surface area contributed by atoms with Crippen molar-refractivity contribution in [3.63, 3.8) is 0 Å². The highest BCUT2D eigenvalue weighted by atomic mass is 32.2. The molecule has 0 aliphatic carbocycles. The summed E-state index contributed by atoms with van der Waals surface area (Å²) in [5.41, 5.74) is 11.0. The molecule has 0 saturated carbocycles. The quantitative estimate of drug-likeness (QED) is 0.168. The van der Waals surface area contributed by atoms with Crippen LogP contribution in [0.2, 0.25) is 0 Å². The van der Waals surface area contributed by atoms with E-state index in [4.69, 9.17) is 11.5 Å². The van der Waals surface area contributed by atoms with Crippen molar-refractivity contribution in [3.05, 3.63) is 0 Å². The van der Waals surface area contributed by atoms with E-state index in [0.717, 1.165) is 0 Å². The van der Waals surface area contributed by atoms with Gasteiger partial charge in [-0.15, -0.1) is 0 Å². The molecule has 0 aromatic heterocycles. The number of hydrogen-bond donors (Lipinski definition) is 6. The van der Waals surface area contributed by atoms with Gasteiger partial charge in [-0.05, 0) is 43.1 Å². The number of amides is 4. The van der Waals surface area contributed by atoms with Gasteiger partial charge in [0.15, 0.2) is 0 Å². The molecule has 0 saturated heterocycles. The molecule has 0 aliphatic rings. The number of carboxylic acid groups (broad SMARTS) is 1. The molecule has 0 bridgehead atoms. The SMILES string of the molecule is CSCCC(NC(=O)C(CC(C)C)NC(=O)C(N)C(C)C)C(=O)NC(CCC(N)=O)C(=O)O. The van der Waals surface area contributed by atoms with Crippen molar-refractivity contribution in [1.82, 2.24) is 16.0 Å². The lowest BCUT2D eigenvalue weighted by molar-refractivity contribution is -0.142. The number of aliphatic carboxylic acids is 1. The Morgan fingerprint density at radius 1 is 0.848 bits per heavy atom. The zero-order valence-corrected chi connectivity index (χ0v) is 20.9. The third-order valence-corrected chi connectivity index (χ3v) is 5.54. The van der Waals surface area contributed by atoms with Crippen molar-refractivity contribution in [1.29, 1.82) is 0 Å². The van der Waals surface area contributed by atoms with Gasteiger partial charge in [0.1, 0.15) is 18.1 Å². The zero-order chi connectivity index (χ0) is 25.7. The van der Waals surface area contributed by atoms with E-state index in [1.165, 1.54) is 11.8 Å². The fraction of sp³-hybridized carbons (Fsp3) is 0.762. The molecule has 8 N–H and O–H groups in total. The van der Waals surface area contributed by atoms with Crippen molar-refractivity contribution in [3.8, 4) is 0 Å². The molecule has 33 heavy (non-hydrogen) atoms. The molecular weight excluding hydrogens is 450 g/mol. The van der Waals surface area contributed by atoms with Crippen LogP contribution in [-0.4, -0.2) is 70.9 Å². The highest BCUT2D eigenvalue weighted by molar-refractivity contribution is 7.98. The van der Waals surface area contributed by atoms with Gasteiger partial charge in [-0.1, -0.05) is 27.7 Å². The molecule has 0 heterocycles. The van der Waals surface area contributed by atoms with E-state index < -0.39 is 53.8 Å². The van der Waals surface area contributed by atoms with Gasteiger partial charge in [-0.2, -0.15) is 11.8 Å². The molecule has 11 nitrogen and oxygen atoms in total. The van der Waals surface area contributed by atoms with Crippen molar-refractivity contribution in [2.24, 2.45) is 23.3 Å². The predicted octanol–water partition coefficient (Wildman–Crippen LogP) is -0.427. The van der Waals surface area contributed by atoms with Crippen molar-refractivity contribution >= 4 is 41.4 Å². The van der Waals surface area contributed by atoms with Gasteiger partial charge >= 0.3 is 5.97 Å². The average molecular weight is 490 g/mol. The number of carboxylic acids is 1. The third-order valence-electron chi connectivity index (χ3n) is 4.90. The van der Waals surface area contributed by atoms with E-state index in [0.29, 0.717) is 12.2 Å². The van der Waals surface area contributed by atoms with E-state index in [2.05, 4.69) is 16.0 Å². The molecule has 0 aliphatic heterocycles. The van der Waals surface area contributed by atoms with Gasteiger partial charge in [0.25, 0.3) is 0 Å². The van der Waals surface area contributed by atoms with Gasteiger partial charge in [0.2, 0.25) is 23.6 Å². The molecular formula is C21H39N5O6S. The Kier molecular flexibility index (Phi) is 14.4. The Bertz CT molecular complexity index is 688. The summed E-state index contributed by atoms with van der Waals surface area (Å²) in [6.07, 6.45) is 2.03. The Morgan fingerprint density at radius 2 is 1.36 bits per heavy atom. The van der Waals surface area contributed by atoms with Crippen LogP contribution in [0, 0.1) is 11.8 Å². The highest BCUT2D eigenvalue weighted by Gasteiger charge is 2.31. The van der Waals surface area contributed by atoms with Crippen molar-refractivity contribution in [2.75, 3.05) is 12.0 Å². The molecule has 0 spiro atoms. The summed E-state index contributed by atoms with van der Waals surface area (Å²) in [4.78, 5) is 60.6. The highest BCUT2D eigenvalue weighted by Crippen LogP contribution is 2.09. The van der Waals surface area contributed by atoms with Crippen LogP contribution in [0.15, 0.2) is 0 Å². The van der Waals surface area contributed by atoms with Crippen LogP contribution in [-0.2, 0) is 24.0 Å². The molecule has 4 unspecified atom stereocenters. The minimum Gasteiger partial charge on any atom is -0.480 e. The Labute approximate surface area is 199 Å². The second-order valence-electron chi connectivity index (χ2n) is 8.71. The maximum atomic E-state index is 13.0. The number of carbonyl (C=O) groups excluding carboxylic acids is 4. The van der Waals surface area contributed by atoms with Crippen molar-refractivity contribution in [2.45, 2.75) is 77.5 Å². The lowest BCUT2D eigenvalue weighted by Crippen LogP contribution is -2.57. The topological polar surface area (TPSA) is 194 Å². The van der Waals surface area contributed by atoms with E-state index in [-0.39, 0.29) is 31.1 Å². The van der Waals surface area contributed by atoms with E-state index in [1.807, 2.05) is 20.1 Å². The summed E-state index contributed by atoms with van der Waals surface area (Å²) in [5.74, 6) is -3.24. The zero-order valence-electron chi connectivity index (χ0n) is 20.1. The number of hydrogen-bond acceptors (Lipinski definition) is 7. The fourth-order valence-electron chi connectivity index (χ4n) is 2.87. The van der Waals surface area contributed by atoms with Gasteiger partial charge in [-0.3, -0.25) is 19.2 Å². The minimum atomic E-state index is -1.33. The number of nitrogens with one attached hydrogen (secondary N) is 3. The lowest BCUT2D eigenvalue weighted by atomic mass is 10.00. The van der Waals surface area contributed by atoms with Crippen LogP contribution < -0.4 is 27.4 Å². The molecule has 0 radical (unpaired) electrons. The first-order valence-electron chi connectivity index (χ1n) is 11.0. The van der Waals surface area contributed by atoms with Gasteiger partial charge in [0.05, 0.1) is 6.04 Å². The number of rotatable bonds is 16. The first kappa shape index (κ1) is 30.7. The second kappa shape index (κ2) is 15.5. The molecule has 0 rings (SSSR count). The van der Waals surface area contributed by atoms with Gasteiger partial charge < -0.3 is 32.5 Å². The normalized spacial score (nSPS) is 14.8. The third kappa shape index (κ3) is 12.5. The average Bonchev–Trinajstić information content (AvgIpc) is 2.71. The van der Waals surface area contributed by atoms with Crippen molar-refractivity contribution < 1.29 is 29.1 Å².